The van der Waals surface area contributed by atoms with Gasteiger partial charge in [-0.15, -0.1) is 0 Å². The van der Waals surface area contributed by atoms with Crippen LogP contribution in [0.2, 0.25) is 0 Å². The third kappa shape index (κ3) is 1.53. The molecule has 0 atom stereocenters. The van der Waals surface area contributed by atoms with Gasteiger partial charge < -0.3 is 0 Å². The molecule has 2 aliphatic rings. The quantitative estimate of drug-likeness (QED) is 0.705. The van der Waals surface area contributed by atoms with Gasteiger partial charge in [0, 0.05) is 23.8 Å². The van der Waals surface area contributed by atoms with Crippen molar-refractivity contribution >= 4 is 11.6 Å². The molecule has 1 fully saturated rings. The Morgan fingerprint density at radius 1 is 1.17 bits per heavy atom. The summed E-state index contributed by atoms with van der Waals surface area (Å²) in [6.07, 6.45) is 2.83. The van der Waals surface area contributed by atoms with Gasteiger partial charge in [-0.05, 0) is 49.4 Å². The van der Waals surface area contributed by atoms with Crippen molar-refractivity contribution in [1.82, 2.24) is 0 Å². The van der Waals surface area contributed by atoms with Crippen molar-refractivity contribution in [3.05, 3.63) is 34.6 Å². The van der Waals surface area contributed by atoms with Gasteiger partial charge in [-0.25, -0.2) is 4.39 Å². The summed E-state index contributed by atoms with van der Waals surface area (Å²) >= 11 is 0. The van der Waals surface area contributed by atoms with E-state index in [0.717, 1.165) is 5.56 Å². The van der Waals surface area contributed by atoms with Crippen LogP contribution in [0.25, 0.3) is 0 Å². The van der Waals surface area contributed by atoms with Crippen molar-refractivity contribution in [2.45, 2.75) is 39.0 Å². The average Bonchev–Trinajstić information content (AvgIpc) is 2.59. The van der Waals surface area contributed by atoms with Crippen molar-refractivity contribution in [2.24, 2.45) is 5.41 Å². The van der Waals surface area contributed by atoms with E-state index in [2.05, 4.69) is 0 Å². The van der Waals surface area contributed by atoms with Crippen LogP contribution in [0.1, 0.15) is 47.2 Å². The predicted octanol–water partition coefficient (Wildman–Crippen LogP) is 3.00. The number of benzene rings is 1. The SMILES string of the molecule is Cc1cc2c(cc1F)CC1(CCC(=O)CC1)C2=O. The highest BCUT2D eigenvalue weighted by atomic mass is 19.1. The molecule has 1 aromatic carbocycles. The third-order valence-corrected chi connectivity index (χ3v) is 4.40. The van der Waals surface area contributed by atoms with Gasteiger partial charge in [-0.2, -0.15) is 0 Å². The Hall–Kier alpha value is -1.51. The van der Waals surface area contributed by atoms with Gasteiger partial charge in [-0.1, -0.05) is 0 Å². The molecule has 0 bridgehead atoms. The highest BCUT2D eigenvalue weighted by molar-refractivity contribution is 6.06. The summed E-state index contributed by atoms with van der Waals surface area (Å²) in [6.45, 7) is 1.68. The Labute approximate surface area is 105 Å². The largest absolute Gasteiger partial charge is 0.300 e. The van der Waals surface area contributed by atoms with Gasteiger partial charge in [0.05, 0.1) is 0 Å². The van der Waals surface area contributed by atoms with Gasteiger partial charge in [0.2, 0.25) is 0 Å². The Bertz CT molecular complexity index is 550. The van der Waals surface area contributed by atoms with E-state index in [1.54, 1.807) is 13.0 Å². The topological polar surface area (TPSA) is 34.1 Å². The number of halogens is 1. The van der Waals surface area contributed by atoms with E-state index in [0.29, 0.717) is 43.2 Å². The zero-order valence-electron chi connectivity index (χ0n) is 10.4. The predicted molar refractivity (Wildman–Crippen MR) is 65.1 cm³/mol. The summed E-state index contributed by atoms with van der Waals surface area (Å²) in [7, 11) is 0. The van der Waals surface area contributed by atoms with Crippen LogP contribution in [0.15, 0.2) is 12.1 Å². The summed E-state index contributed by atoms with van der Waals surface area (Å²) in [5.74, 6) is 0.116. The molecule has 0 radical (unpaired) electrons. The maximum Gasteiger partial charge on any atom is 0.169 e. The lowest BCUT2D eigenvalue weighted by Gasteiger charge is -2.30. The molecule has 3 rings (SSSR count). The fourth-order valence-electron chi connectivity index (χ4n) is 3.22. The first-order valence-electron chi connectivity index (χ1n) is 6.37. The standard InChI is InChI=1S/C15H15FO2/c1-9-6-12-10(7-13(9)16)8-15(14(12)18)4-2-11(17)3-5-15/h6-7H,2-5,8H2,1H3. The van der Waals surface area contributed by atoms with Gasteiger partial charge in [0.15, 0.2) is 5.78 Å². The molecule has 0 aromatic heterocycles. The van der Waals surface area contributed by atoms with E-state index in [4.69, 9.17) is 0 Å². The monoisotopic (exact) mass is 246 g/mol. The van der Waals surface area contributed by atoms with Crippen molar-refractivity contribution < 1.29 is 14.0 Å². The van der Waals surface area contributed by atoms with Crippen LogP contribution in [0.3, 0.4) is 0 Å². The van der Waals surface area contributed by atoms with Gasteiger partial charge in [0.25, 0.3) is 0 Å². The Morgan fingerprint density at radius 3 is 2.50 bits per heavy atom. The fraction of sp³-hybridized carbons (Fsp3) is 0.467. The number of hydrogen-bond acceptors (Lipinski definition) is 2. The minimum Gasteiger partial charge on any atom is -0.300 e. The molecule has 0 amide bonds. The first kappa shape index (κ1) is 11.6. The number of ketones is 2. The van der Waals surface area contributed by atoms with Crippen molar-refractivity contribution in [1.29, 1.82) is 0 Å². The highest BCUT2D eigenvalue weighted by Gasteiger charge is 2.47. The summed E-state index contributed by atoms with van der Waals surface area (Å²) in [6, 6.07) is 3.16. The molecule has 0 unspecified atom stereocenters. The number of aryl methyl sites for hydroxylation is 1. The molecule has 0 N–H and O–H groups in total. The maximum absolute atomic E-state index is 13.6. The highest BCUT2D eigenvalue weighted by Crippen LogP contribution is 2.46. The lowest BCUT2D eigenvalue weighted by atomic mass is 9.71. The van der Waals surface area contributed by atoms with Gasteiger partial charge in [0.1, 0.15) is 11.6 Å². The molecule has 18 heavy (non-hydrogen) atoms. The van der Waals surface area contributed by atoms with Crippen LogP contribution in [-0.2, 0) is 11.2 Å². The van der Waals surface area contributed by atoms with E-state index >= 15 is 0 Å². The second-order valence-corrected chi connectivity index (χ2v) is 5.58. The van der Waals surface area contributed by atoms with Crippen LogP contribution < -0.4 is 0 Å². The molecule has 3 heteroatoms. The summed E-state index contributed by atoms with van der Waals surface area (Å²) < 4.78 is 13.6. The lowest BCUT2D eigenvalue weighted by Crippen LogP contribution is -2.33. The van der Waals surface area contributed by atoms with E-state index < -0.39 is 5.41 Å². The normalized spacial score (nSPS) is 21.4. The summed E-state index contributed by atoms with van der Waals surface area (Å²) in [5.41, 5.74) is 1.59. The van der Waals surface area contributed by atoms with E-state index in [-0.39, 0.29) is 17.4 Å². The maximum atomic E-state index is 13.6. The van der Waals surface area contributed by atoms with E-state index in [9.17, 15) is 14.0 Å². The minimum atomic E-state index is -0.420. The zero-order valence-corrected chi connectivity index (χ0v) is 10.4. The summed E-state index contributed by atoms with van der Waals surface area (Å²) in [4.78, 5) is 23.8. The van der Waals surface area contributed by atoms with Crippen LogP contribution in [0.5, 0.6) is 0 Å². The van der Waals surface area contributed by atoms with E-state index in [1.807, 2.05) is 0 Å². The van der Waals surface area contributed by atoms with Crippen LogP contribution >= 0.6 is 0 Å². The molecule has 2 aliphatic carbocycles. The molecule has 1 saturated carbocycles. The molecule has 0 aliphatic heterocycles. The van der Waals surface area contributed by atoms with Crippen molar-refractivity contribution in [2.75, 3.05) is 0 Å². The number of hydrogen-bond donors (Lipinski definition) is 0. The smallest absolute Gasteiger partial charge is 0.169 e. The first-order chi connectivity index (χ1) is 8.52. The first-order valence-corrected chi connectivity index (χ1v) is 6.37. The zero-order chi connectivity index (χ0) is 12.9. The van der Waals surface area contributed by atoms with Gasteiger partial charge >= 0.3 is 0 Å². The number of carbonyl (C=O) groups is 2. The Kier molecular flexibility index (Phi) is 2.40. The fourth-order valence-corrected chi connectivity index (χ4v) is 3.22. The second-order valence-electron chi connectivity index (χ2n) is 5.58. The summed E-state index contributed by atoms with van der Waals surface area (Å²) in [5, 5.41) is 0. The molecule has 94 valence electrons. The number of fused-ring (bicyclic) bond motifs is 1. The van der Waals surface area contributed by atoms with Crippen LogP contribution in [-0.4, -0.2) is 11.6 Å². The van der Waals surface area contributed by atoms with Crippen molar-refractivity contribution in [3.63, 3.8) is 0 Å². The Morgan fingerprint density at radius 2 is 1.83 bits per heavy atom. The van der Waals surface area contributed by atoms with E-state index in [1.165, 1.54) is 6.07 Å². The molecule has 0 heterocycles. The van der Waals surface area contributed by atoms with Crippen molar-refractivity contribution in [3.8, 4) is 0 Å². The average molecular weight is 246 g/mol. The molecular weight excluding hydrogens is 231 g/mol. The number of Topliss-reactive ketones (excluding diaryl/α,β-unsaturated/α-hetero) is 2. The minimum absolute atomic E-state index is 0.119. The molecular formula is C15H15FO2. The second kappa shape index (κ2) is 3.74. The Balaban J connectivity index is 2.01. The van der Waals surface area contributed by atoms with Crippen LogP contribution in [0, 0.1) is 18.2 Å². The molecule has 1 spiro atoms. The third-order valence-electron chi connectivity index (χ3n) is 4.40. The van der Waals surface area contributed by atoms with Gasteiger partial charge in [-0.3, -0.25) is 9.59 Å². The lowest BCUT2D eigenvalue weighted by molar-refractivity contribution is -0.121. The molecule has 0 saturated heterocycles. The number of rotatable bonds is 0. The van der Waals surface area contributed by atoms with Crippen LogP contribution in [0.4, 0.5) is 4.39 Å². The molecule has 1 aromatic rings. The molecule has 2 nitrogen and oxygen atoms in total. The number of carbonyl (C=O) groups excluding carboxylic acids is 2.